The maximum Gasteiger partial charge on any atom is 0.248 e. The molecule has 0 aromatic heterocycles. The van der Waals surface area contributed by atoms with Gasteiger partial charge < -0.3 is 9.80 Å². The third-order valence-electron chi connectivity index (χ3n) is 6.33. The Bertz CT molecular complexity index is 1140. The molecule has 0 saturated carbocycles. The average molecular weight is 486 g/mol. The molecule has 2 fully saturated rings. The lowest BCUT2D eigenvalue weighted by Gasteiger charge is -2.28. The number of benzene rings is 2. The lowest BCUT2D eigenvalue weighted by molar-refractivity contribution is -0.117. The highest BCUT2D eigenvalue weighted by molar-refractivity contribution is 8.16. The van der Waals surface area contributed by atoms with Crippen molar-refractivity contribution in [3.05, 3.63) is 59.7 Å². The van der Waals surface area contributed by atoms with Crippen LogP contribution >= 0.6 is 11.8 Å². The zero-order valence-electron chi connectivity index (χ0n) is 19.4. The van der Waals surface area contributed by atoms with Gasteiger partial charge in [-0.15, -0.1) is 0 Å². The highest BCUT2D eigenvalue weighted by Crippen LogP contribution is 2.42. The highest BCUT2D eigenvalue weighted by Gasteiger charge is 2.49. The number of fused-ring (bicyclic) bond motifs is 1. The lowest BCUT2D eigenvalue weighted by atomic mass is 10.1. The normalized spacial score (nSPS) is 22.5. The summed E-state index contributed by atoms with van der Waals surface area (Å²) in [6.45, 7) is 8.13. The molecule has 2 atom stereocenters. The maximum absolute atomic E-state index is 12.7. The second kappa shape index (κ2) is 9.89. The molecule has 2 aliphatic heterocycles. The molecule has 33 heavy (non-hydrogen) atoms. The summed E-state index contributed by atoms with van der Waals surface area (Å²) in [7, 11) is -3.10. The predicted molar refractivity (Wildman–Crippen MR) is 138 cm³/mol. The molecule has 0 N–H and O–H groups in total. The van der Waals surface area contributed by atoms with Gasteiger partial charge in [0.25, 0.3) is 0 Å². The van der Waals surface area contributed by atoms with E-state index in [2.05, 4.69) is 35.9 Å². The first kappa shape index (κ1) is 23.8. The van der Waals surface area contributed by atoms with Crippen LogP contribution in [0.25, 0.3) is 0 Å². The molecule has 6 nitrogen and oxygen atoms in total. The molecule has 8 heteroatoms. The molecule has 2 heterocycles. The van der Waals surface area contributed by atoms with Crippen LogP contribution in [0.1, 0.15) is 31.4 Å². The first-order valence-corrected chi connectivity index (χ1v) is 14.2. The number of rotatable bonds is 7. The van der Waals surface area contributed by atoms with Crippen molar-refractivity contribution in [3.63, 3.8) is 0 Å². The second-order valence-electron chi connectivity index (χ2n) is 8.59. The van der Waals surface area contributed by atoms with Crippen molar-refractivity contribution in [2.24, 2.45) is 4.99 Å². The van der Waals surface area contributed by atoms with Crippen LogP contribution in [-0.2, 0) is 21.1 Å². The second-order valence-corrected chi connectivity index (χ2v) is 11.9. The number of aliphatic imine (C=N–C) groups is 1. The number of amidine groups is 1. The van der Waals surface area contributed by atoms with Gasteiger partial charge >= 0.3 is 0 Å². The summed E-state index contributed by atoms with van der Waals surface area (Å²) in [5, 5.41) is 0.522. The third-order valence-corrected chi connectivity index (χ3v) is 9.54. The minimum absolute atomic E-state index is 0.0964. The van der Waals surface area contributed by atoms with E-state index < -0.39 is 9.84 Å². The van der Waals surface area contributed by atoms with Gasteiger partial charge in [0.1, 0.15) is 0 Å². The predicted octanol–water partition coefficient (Wildman–Crippen LogP) is 4.08. The van der Waals surface area contributed by atoms with Gasteiger partial charge in [-0.2, -0.15) is 4.99 Å². The Hall–Kier alpha value is -2.32. The highest BCUT2D eigenvalue weighted by atomic mass is 32.2. The Morgan fingerprint density at radius 2 is 1.85 bits per heavy atom. The quantitative estimate of drug-likeness (QED) is 0.589. The van der Waals surface area contributed by atoms with Crippen molar-refractivity contribution in [2.75, 3.05) is 34.4 Å². The van der Waals surface area contributed by atoms with E-state index in [1.165, 1.54) is 11.8 Å². The Morgan fingerprint density at radius 3 is 2.52 bits per heavy atom. The van der Waals surface area contributed by atoms with Crippen molar-refractivity contribution in [2.45, 2.75) is 44.9 Å². The van der Waals surface area contributed by atoms with Gasteiger partial charge in [-0.1, -0.05) is 42.1 Å². The van der Waals surface area contributed by atoms with E-state index in [0.29, 0.717) is 18.0 Å². The molecule has 0 bridgehead atoms. The Balaban J connectivity index is 1.62. The van der Waals surface area contributed by atoms with E-state index in [0.717, 1.165) is 35.6 Å². The topological polar surface area (TPSA) is 70.0 Å². The number of anilines is 2. The Labute approximate surface area is 201 Å². The molecule has 0 radical (unpaired) electrons. The van der Waals surface area contributed by atoms with Gasteiger partial charge in [-0.25, -0.2) is 8.42 Å². The fraction of sp³-hybridized carbons (Fsp3) is 0.440. The molecule has 2 aliphatic rings. The number of thioether (sulfide) groups is 1. The summed E-state index contributed by atoms with van der Waals surface area (Å²) >= 11 is 1.43. The Morgan fingerprint density at radius 1 is 1.12 bits per heavy atom. The Kier molecular flexibility index (Phi) is 7.14. The number of carbonyl (C=O) groups is 1. The van der Waals surface area contributed by atoms with Gasteiger partial charge in [0.15, 0.2) is 15.0 Å². The molecule has 2 saturated heterocycles. The van der Waals surface area contributed by atoms with Gasteiger partial charge in [0.2, 0.25) is 5.91 Å². The van der Waals surface area contributed by atoms with Crippen LogP contribution in [0.3, 0.4) is 0 Å². The van der Waals surface area contributed by atoms with E-state index in [1.54, 1.807) is 0 Å². The summed E-state index contributed by atoms with van der Waals surface area (Å²) < 4.78 is 24.7. The smallest absolute Gasteiger partial charge is 0.248 e. The van der Waals surface area contributed by atoms with Crippen LogP contribution in [0.4, 0.5) is 11.4 Å². The molecule has 2 aromatic carbocycles. The van der Waals surface area contributed by atoms with Crippen molar-refractivity contribution in [3.8, 4) is 0 Å². The monoisotopic (exact) mass is 485 g/mol. The van der Waals surface area contributed by atoms with Crippen LogP contribution in [0.15, 0.2) is 53.5 Å². The van der Waals surface area contributed by atoms with Gasteiger partial charge in [-0.3, -0.25) is 4.79 Å². The van der Waals surface area contributed by atoms with Crippen LogP contribution in [0.5, 0.6) is 0 Å². The van der Waals surface area contributed by atoms with Crippen LogP contribution in [0.2, 0.25) is 0 Å². The minimum atomic E-state index is -3.10. The molecule has 0 aliphatic carbocycles. The maximum atomic E-state index is 12.7. The summed E-state index contributed by atoms with van der Waals surface area (Å²) in [6, 6.07) is 16.0. The van der Waals surface area contributed by atoms with Crippen molar-refractivity contribution >= 4 is 44.0 Å². The third kappa shape index (κ3) is 5.27. The SMILES string of the molecule is CCN(CC)c1ccc(N2C(=NC(=O)CCc3ccccc3)S[C@H]3CS(=O)(=O)C[C@H]32)c(C)c1. The zero-order chi connectivity index (χ0) is 23.6. The van der Waals surface area contributed by atoms with Crippen molar-refractivity contribution in [1.29, 1.82) is 0 Å². The molecule has 0 unspecified atom stereocenters. The number of amides is 1. The summed E-state index contributed by atoms with van der Waals surface area (Å²) in [5.74, 6) is 0.0535. The van der Waals surface area contributed by atoms with E-state index in [4.69, 9.17) is 0 Å². The summed E-state index contributed by atoms with van der Waals surface area (Å²) in [6.07, 6.45) is 0.968. The van der Waals surface area contributed by atoms with Crippen LogP contribution < -0.4 is 9.80 Å². The number of sulfone groups is 1. The zero-order valence-corrected chi connectivity index (χ0v) is 21.0. The minimum Gasteiger partial charge on any atom is -0.372 e. The number of hydrogen-bond donors (Lipinski definition) is 0. The number of hydrogen-bond acceptors (Lipinski definition) is 5. The van der Waals surface area contributed by atoms with E-state index in [-0.39, 0.29) is 28.7 Å². The lowest BCUT2D eigenvalue weighted by Crippen LogP contribution is -2.38. The fourth-order valence-corrected chi connectivity index (χ4v) is 8.52. The van der Waals surface area contributed by atoms with E-state index in [9.17, 15) is 13.2 Å². The van der Waals surface area contributed by atoms with Gasteiger partial charge in [0, 0.05) is 36.1 Å². The summed E-state index contributed by atoms with van der Waals surface area (Å²) in [4.78, 5) is 21.5. The summed E-state index contributed by atoms with van der Waals surface area (Å²) in [5.41, 5.74) is 4.22. The fourth-order valence-electron chi connectivity index (χ4n) is 4.60. The van der Waals surface area contributed by atoms with Crippen LogP contribution in [-0.4, -0.2) is 55.4 Å². The molecule has 0 spiro atoms. The first-order chi connectivity index (χ1) is 15.8. The molecular weight excluding hydrogens is 454 g/mol. The molecule has 4 rings (SSSR count). The van der Waals surface area contributed by atoms with Gasteiger partial charge in [-0.05, 0) is 56.5 Å². The van der Waals surface area contributed by atoms with Crippen molar-refractivity contribution < 1.29 is 13.2 Å². The number of aryl methyl sites for hydroxylation is 2. The number of carbonyl (C=O) groups excluding carboxylic acids is 1. The molecule has 1 amide bonds. The first-order valence-electron chi connectivity index (χ1n) is 11.5. The molecule has 176 valence electrons. The largest absolute Gasteiger partial charge is 0.372 e. The van der Waals surface area contributed by atoms with Crippen molar-refractivity contribution in [1.82, 2.24) is 0 Å². The molecular formula is C25H31N3O3S2. The average Bonchev–Trinajstić information content (AvgIpc) is 3.25. The van der Waals surface area contributed by atoms with Gasteiger partial charge in [0.05, 0.1) is 17.5 Å². The van der Waals surface area contributed by atoms with Crippen LogP contribution in [0, 0.1) is 6.92 Å². The molecule has 2 aromatic rings. The standard InChI is InChI=1S/C25H31N3O3S2/c1-4-27(5-2)20-12-13-21(18(3)15-20)28-22-16-33(30,31)17-23(22)32-25(28)26-24(29)14-11-19-9-7-6-8-10-19/h6-10,12-13,15,22-23H,4-5,11,14,16-17H2,1-3H3/t22-,23+/m1/s1. The van der Waals surface area contributed by atoms with E-state index >= 15 is 0 Å². The number of nitrogens with zero attached hydrogens (tertiary/aromatic N) is 3. The van der Waals surface area contributed by atoms with E-state index in [1.807, 2.05) is 48.2 Å².